The highest BCUT2D eigenvalue weighted by Gasteiger charge is 2.19. The SMILES string of the molecule is C[C@@H](NC(=O)c1cc(Cl)cnc1OCc1ccc(Cl)cc1)OC(=O)c1ccccc1. The summed E-state index contributed by atoms with van der Waals surface area (Å²) in [6.45, 7) is 1.73. The molecule has 2 aromatic carbocycles. The summed E-state index contributed by atoms with van der Waals surface area (Å²) in [4.78, 5) is 28.9. The number of benzene rings is 2. The van der Waals surface area contributed by atoms with Crippen molar-refractivity contribution in [3.05, 3.63) is 93.6 Å². The van der Waals surface area contributed by atoms with Crippen LogP contribution >= 0.6 is 23.2 Å². The minimum atomic E-state index is -0.881. The van der Waals surface area contributed by atoms with Gasteiger partial charge in [0.1, 0.15) is 12.2 Å². The quantitative estimate of drug-likeness (QED) is 0.414. The molecule has 0 fully saturated rings. The Labute approximate surface area is 183 Å². The summed E-state index contributed by atoms with van der Waals surface area (Å²) in [6.07, 6.45) is 0.502. The molecular weight excluding hydrogens is 427 g/mol. The third-order valence-corrected chi connectivity index (χ3v) is 4.44. The van der Waals surface area contributed by atoms with Crippen molar-refractivity contribution < 1.29 is 19.1 Å². The van der Waals surface area contributed by atoms with Gasteiger partial charge in [0.05, 0.1) is 10.6 Å². The third kappa shape index (κ3) is 5.95. The van der Waals surface area contributed by atoms with Crippen molar-refractivity contribution in [1.82, 2.24) is 10.3 Å². The molecule has 6 nitrogen and oxygen atoms in total. The third-order valence-electron chi connectivity index (χ3n) is 3.98. The molecule has 0 aliphatic rings. The van der Waals surface area contributed by atoms with Crippen LogP contribution in [-0.2, 0) is 11.3 Å². The van der Waals surface area contributed by atoms with Gasteiger partial charge in [0.15, 0.2) is 6.23 Å². The normalized spacial score (nSPS) is 11.4. The lowest BCUT2D eigenvalue weighted by Crippen LogP contribution is -2.36. The molecule has 30 heavy (non-hydrogen) atoms. The number of esters is 1. The monoisotopic (exact) mass is 444 g/mol. The predicted octanol–water partition coefficient (Wildman–Crippen LogP) is 4.90. The number of hydrogen-bond donors (Lipinski definition) is 1. The second kappa shape index (κ2) is 10.1. The van der Waals surface area contributed by atoms with Gasteiger partial charge in [0.2, 0.25) is 5.88 Å². The van der Waals surface area contributed by atoms with E-state index < -0.39 is 18.1 Å². The topological polar surface area (TPSA) is 77.5 Å². The molecule has 0 radical (unpaired) electrons. The van der Waals surface area contributed by atoms with Crippen LogP contribution in [0.15, 0.2) is 66.9 Å². The van der Waals surface area contributed by atoms with Gasteiger partial charge in [0, 0.05) is 11.2 Å². The fourth-order valence-corrected chi connectivity index (χ4v) is 2.82. The molecule has 3 aromatic rings. The zero-order valence-corrected chi connectivity index (χ0v) is 17.5. The van der Waals surface area contributed by atoms with E-state index in [0.717, 1.165) is 5.56 Å². The van der Waals surface area contributed by atoms with Crippen LogP contribution in [-0.4, -0.2) is 23.1 Å². The van der Waals surface area contributed by atoms with Crippen LogP contribution in [0.4, 0.5) is 0 Å². The van der Waals surface area contributed by atoms with Gasteiger partial charge < -0.3 is 14.8 Å². The number of amides is 1. The summed E-state index contributed by atoms with van der Waals surface area (Å²) in [5, 5.41) is 3.48. The summed E-state index contributed by atoms with van der Waals surface area (Å²) < 4.78 is 11.0. The summed E-state index contributed by atoms with van der Waals surface area (Å²) in [6, 6.07) is 17.0. The van der Waals surface area contributed by atoms with Crippen LogP contribution in [0.5, 0.6) is 5.88 Å². The van der Waals surface area contributed by atoms with Crippen molar-refractivity contribution in [2.75, 3.05) is 0 Å². The lowest BCUT2D eigenvalue weighted by atomic mass is 10.2. The van der Waals surface area contributed by atoms with E-state index in [1.54, 1.807) is 49.4 Å². The Morgan fingerprint density at radius 2 is 1.73 bits per heavy atom. The van der Waals surface area contributed by atoms with Gasteiger partial charge in [-0.15, -0.1) is 0 Å². The van der Waals surface area contributed by atoms with Crippen molar-refractivity contribution in [2.24, 2.45) is 0 Å². The van der Waals surface area contributed by atoms with Gasteiger partial charge in [-0.2, -0.15) is 0 Å². The smallest absolute Gasteiger partial charge is 0.340 e. The first-order valence-electron chi connectivity index (χ1n) is 9.02. The average molecular weight is 445 g/mol. The highest BCUT2D eigenvalue weighted by atomic mass is 35.5. The zero-order chi connectivity index (χ0) is 21.5. The molecule has 0 saturated carbocycles. The second-order valence-corrected chi connectivity index (χ2v) is 7.18. The van der Waals surface area contributed by atoms with Gasteiger partial charge in [-0.05, 0) is 42.8 Å². The molecule has 1 N–H and O–H groups in total. The number of carbonyl (C=O) groups excluding carboxylic acids is 2. The number of rotatable bonds is 7. The first kappa shape index (κ1) is 21.6. The molecule has 8 heteroatoms. The van der Waals surface area contributed by atoms with E-state index in [4.69, 9.17) is 32.7 Å². The van der Waals surface area contributed by atoms with Gasteiger partial charge in [-0.3, -0.25) is 4.79 Å². The zero-order valence-electron chi connectivity index (χ0n) is 16.0. The summed E-state index contributed by atoms with van der Waals surface area (Å²) >= 11 is 11.9. The van der Waals surface area contributed by atoms with Gasteiger partial charge in [0.25, 0.3) is 5.91 Å². The van der Waals surface area contributed by atoms with Gasteiger partial charge in [-0.25, -0.2) is 9.78 Å². The molecule has 0 unspecified atom stereocenters. The molecule has 1 aromatic heterocycles. The van der Waals surface area contributed by atoms with Crippen LogP contribution in [0.2, 0.25) is 10.0 Å². The van der Waals surface area contributed by atoms with E-state index in [-0.39, 0.29) is 23.1 Å². The Hall–Kier alpha value is -3.09. The van der Waals surface area contributed by atoms with Crippen LogP contribution in [0.3, 0.4) is 0 Å². The van der Waals surface area contributed by atoms with E-state index in [0.29, 0.717) is 10.6 Å². The van der Waals surface area contributed by atoms with E-state index in [9.17, 15) is 9.59 Å². The minimum absolute atomic E-state index is 0.105. The Morgan fingerprint density at radius 1 is 1.03 bits per heavy atom. The van der Waals surface area contributed by atoms with Crippen molar-refractivity contribution in [3.63, 3.8) is 0 Å². The minimum Gasteiger partial charge on any atom is -0.472 e. The Kier molecular flexibility index (Phi) is 7.27. The first-order valence-corrected chi connectivity index (χ1v) is 9.77. The van der Waals surface area contributed by atoms with E-state index in [1.807, 2.05) is 12.1 Å². The number of halogens is 2. The molecule has 1 amide bonds. The van der Waals surface area contributed by atoms with E-state index in [1.165, 1.54) is 12.3 Å². The fourth-order valence-electron chi connectivity index (χ4n) is 2.53. The molecule has 3 rings (SSSR count). The van der Waals surface area contributed by atoms with Gasteiger partial charge >= 0.3 is 5.97 Å². The second-order valence-electron chi connectivity index (χ2n) is 6.31. The molecular formula is C22H18Cl2N2O4. The maximum atomic E-state index is 12.7. The van der Waals surface area contributed by atoms with E-state index >= 15 is 0 Å². The average Bonchev–Trinajstić information content (AvgIpc) is 2.74. The van der Waals surface area contributed by atoms with Crippen molar-refractivity contribution >= 4 is 35.1 Å². The molecule has 1 heterocycles. The van der Waals surface area contributed by atoms with Crippen molar-refractivity contribution in [2.45, 2.75) is 19.8 Å². The summed E-state index contributed by atoms with van der Waals surface area (Å²) in [7, 11) is 0. The number of hydrogen-bond acceptors (Lipinski definition) is 5. The molecule has 1 atom stereocenters. The highest BCUT2D eigenvalue weighted by molar-refractivity contribution is 6.31. The Balaban J connectivity index is 1.66. The number of ether oxygens (including phenoxy) is 2. The lowest BCUT2D eigenvalue weighted by Gasteiger charge is -2.16. The van der Waals surface area contributed by atoms with E-state index in [2.05, 4.69) is 10.3 Å². The van der Waals surface area contributed by atoms with Crippen molar-refractivity contribution in [3.8, 4) is 5.88 Å². The molecule has 154 valence electrons. The number of nitrogens with one attached hydrogen (secondary N) is 1. The van der Waals surface area contributed by atoms with Crippen LogP contribution in [0, 0.1) is 0 Å². The number of carbonyl (C=O) groups is 2. The predicted molar refractivity (Wildman–Crippen MR) is 114 cm³/mol. The first-order chi connectivity index (χ1) is 14.4. The van der Waals surface area contributed by atoms with Crippen LogP contribution in [0.25, 0.3) is 0 Å². The Bertz CT molecular complexity index is 1030. The molecule has 0 aliphatic carbocycles. The van der Waals surface area contributed by atoms with Gasteiger partial charge in [-0.1, -0.05) is 53.5 Å². The molecule has 0 bridgehead atoms. The molecule has 0 spiro atoms. The largest absolute Gasteiger partial charge is 0.472 e. The lowest BCUT2D eigenvalue weighted by molar-refractivity contribution is 0.0264. The number of pyridine rings is 1. The molecule has 0 saturated heterocycles. The fraction of sp³-hybridized carbons (Fsp3) is 0.136. The summed E-state index contributed by atoms with van der Waals surface area (Å²) in [5.74, 6) is -0.982. The Morgan fingerprint density at radius 3 is 2.43 bits per heavy atom. The van der Waals surface area contributed by atoms with Crippen molar-refractivity contribution in [1.29, 1.82) is 0 Å². The molecule has 0 aliphatic heterocycles. The number of nitrogens with zero attached hydrogens (tertiary/aromatic N) is 1. The standard InChI is InChI=1S/C22H18Cl2N2O4/c1-14(30-22(28)16-5-3-2-4-6-16)26-20(27)19-11-18(24)12-25-21(19)29-13-15-7-9-17(23)10-8-15/h2-12,14H,13H2,1H3,(H,26,27)/t14-/m0/s1. The van der Waals surface area contributed by atoms with Crippen LogP contribution in [0.1, 0.15) is 33.2 Å². The summed E-state index contributed by atoms with van der Waals surface area (Å²) in [5.41, 5.74) is 1.36. The highest BCUT2D eigenvalue weighted by Crippen LogP contribution is 2.21. The van der Waals surface area contributed by atoms with Crippen LogP contribution < -0.4 is 10.1 Å². The maximum absolute atomic E-state index is 12.7. The number of aromatic nitrogens is 1. The maximum Gasteiger partial charge on any atom is 0.340 e.